The van der Waals surface area contributed by atoms with Crippen molar-refractivity contribution in [3.05, 3.63) is 78.6 Å². The van der Waals surface area contributed by atoms with Gasteiger partial charge in [-0.05, 0) is 57.1 Å². The Balaban J connectivity index is 1.59. The molecule has 0 spiro atoms. The van der Waals surface area contributed by atoms with Gasteiger partial charge in [-0.1, -0.05) is 41.6 Å². The molecule has 0 aliphatic heterocycles. The summed E-state index contributed by atoms with van der Waals surface area (Å²) in [5, 5.41) is 7.35. The highest BCUT2D eigenvalue weighted by Crippen LogP contribution is 2.30. The molecule has 6 nitrogen and oxygen atoms in total. The highest BCUT2D eigenvalue weighted by Gasteiger charge is 2.30. The van der Waals surface area contributed by atoms with Crippen LogP contribution in [0.15, 0.2) is 82.5 Å². The van der Waals surface area contributed by atoms with E-state index >= 15 is 0 Å². The van der Waals surface area contributed by atoms with Crippen LogP contribution in [0.3, 0.4) is 0 Å². The number of benzene rings is 2. The van der Waals surface area contributed by atoms with Gasteiger partial charge in [0.2, 0.25) is 0 Å². The maximum Gasteiger partial charge on any atom is 0.183 e. The van der Waals surface area contributed by atoms with Gasteiger partial charge in [-0.2, -0.15) is 0 Å². The fraction of sp³-hybridized carbons (Fsp3) is 0.231. The van der Waals surface area contributed by atoms with E-state index in [1.165, 1.54) is 5.56 Å². The second-order valence-electron chi connectivity index (χ2n) is 8.91. The van der Waals surface area contributed by atoms with Gasteiger partial charge in [0.25, 0.3) is 0 Å². The first-order chi connectivity index (χ1) is 15.7. The van der Waals surface area contributed by atoms with Crippen LogP contribution in [0.5, 0.6) is 0 Å². The lowest BCUT2D eigenvalue weighted by Gasteiger charge is -2.19. The molecule has 0 radical (unpaired) electrons. The second-order valence-corrected chi connectivity index (χ2v) is 11.6. The largest absolute Gasteiger partial charge is 0.356 e. The molecule has 0 aliphatic rings. The zero-order chi connectivity index (χ0) is 23.6. The van der Waals surface area contributed by atoms with E-state index in [2.05, 4.69) is 27.6 Å². The van der Waals surface area contributed by atoms with Crippen LogP contribution in [0, 0.1) is 0 Å². The minimum atomic E-state index is -3.40. The first-order valence-corrected chi connectivity index (χ1v) is 12.2. The van der Waals surface area contributed by atoms with Gasteiger partial charge in [-0.3, -0.25) is 4.98 Å². The van der Waals surface area contributed by atoms with E-state index in [0.717, 1.165) is 34.5 Å². The number of nitrogens with one attached hydrogen (secondary N) is 1. The molecular formula is C26H27N3O3S. The van der Waals surface area contributed by atoms with Crippen LogP contribution in [0.1, 0.15) is 26.3 Å². The van der Waals surface area contributed by atoms with Crippen molar-refractivity contribution in [3.63, 3.8) is 0 Å². The van der Waals surface area contributed by atoms with E-state index in [1.54, 1.807) is 57.4 Å². The summed E-state index contributed by atoms with van der Waals surface area (Å²) in [7, 11) is -1.48. The Morgan fingerprint density at radius 3 is 2.12 bits per heavy atom. The molecule has 170 valence electrons. The summed E-state index contributed by atoms with van der Waals surface area (Å²) in [6, 6.07) is 18.9. The van der Waals surface area contributed by atoms with Gasteiger partial charge in [-0.15, -0.1) is 0 Å². The number of hydrogen-bond acceptors (Lipinski definition) is 6. The third kappa shape index (κ3) is 4.74. The molecule has 2 heterocycles. The van der Waals surface area contributed by atoms with Crippen molar-refractivity contribution in [2.75, 3.05) is 7.05 Å². The molecule has 33 heavy (non-hydrogen) atoms. The summed E-state index contributed by atoms with van der Waals surface area (Å²) in [6.45, 7) is 5.91. The Hall–Kier alpha value is -3.29. The predicted molar refractivity (Wildman–Crippen MR) is 130 cm³/mol. The van der Waals surface area contributed by atoms with Crippen LogP contribution in [-0.2, 0) is 16.4 Å². The van der Waals surface area contributed by atoms with Gasteiger partial charge in [-0.25, -0.2) is 8.42 Å². The Kier molecular flexibility index (Phi) is 6.19. The molecule has 1 N–H and O–H groups in total. The summed E-state index contributed by atoms with van der Waals surface area (Å²) in [5.74, 6) is 0.616. The highest BCUT2D eigenvalue weighted by molar-refractivity contribution is 7.92. The average molecular weight is 462 g/mol. The monoisotopic (exact) mass is 461 g/mol. The van der Waals surface area contributed by atoms with E-state index in [4.69, 9.17) is 4.52 Å². The summed E-state index contributed by atoms with van der Waals surface area (Å²) in [6.07, 6.45) is 3.47. The SMILES string of the molecule is CNCc1ccc(-c2cc(-c3cncc(-c4ccc(S(=O)(=O)C(C)(C)C)cc4)c3)on2)cc1. The van der Waals surface area contributed by atoms with Crippen LogP contribution in [0.2, 0.25) is 0 Å². The lowest BCUT2D eigenvalue weighted by atomic mass is 10.0. The van der Waals surface area contributed by atoms with Crippen molar-refractivity contribution >= 4 is 9.84 Å². The number of hydrogen-bond donors (Lipinski definition) is 1. The van der Waals surface area contributed by atoms with E-state index in [1.807, 2.05) is 31.3 Å². The van der Waals surface area contributed by atoms with E-state index < -0.39 is 14.6 Å². The van der Waals surface area contributed by atoms with Gasteiger partial charge in [0.1, 0.15) is 5.69 Å². The van der Waals surface area contributed by atoms with Crippen LogP contribution >= 0.6 is 0 Å². The van der Waals surface area contributed by atoms with Crippen molar-refractivity contribution in [1.82, 2.24) is 15.5 Å². The van der Waals surface area contributed by atoms with Gasteiger partial charge < -0.3 is 9.84 Å². The quantitative estimate of drug-likeness (QED) is 0.416. The standard InChI is InChI=1S/C26H27N3O3S/c1-26(2,3)33(30,31)23-11-9-19(10-12-23)21-13-22(17-28-16-21)25-14-24(29-32-25)20-7-5-18(6-8-20)15-27-4/h5-14,16-17,27H,15H2,1-4H3. The van der Waals surface area contributed by atoms with Gasteiger partial charge in [0.15, 0.2) is 15.6 Å². The molecular weight excluding hydrogens is 434 g/mol. The summed E-state index contributed by atoms with van der Waals surface area (Å²) < 4.78 is 30.1. The summed E-state index contributed by atoms with van der Waals surface area (Å²) >= 11 is 0. The molecule has 2 aromatic carbocycles. The van der Waals surface area contributed by atoms with E-state index in [0.29, 0.717) is 10.7 Å². The summed E-state index contributed by atoms with van der Waals surface area (Å²) in [4.78, 5) is 4.66. The molecule has 7 heteroatoms. The molecule has 0 saturated carbocycles. The predicted octanol–water partition coefficient (Wildman–Crippen LogP) is 5.36. The molecule has 0 unspecified atom stereocenters. The van der Waals surface area contributed by atoms with Crippen molar-refractivity contribution in [2.24, 2.45) is 0 Å². The Labute approximate surface area is 194 Å². The highest BCUT2D eigenvalue weighted by atomic mass is 32.2. The smallest absolute Gasteiger partial charge is 0.183 e. The topological polar surface area (TPSA) is 85.1 Å². The molecule has 4 aromatic rings. The molecule has 2 aromatic heterocycles. The minimum absolute atomic E-state index is 0.309. The Morgan fingerprint density at radius 1 is 0.848 bits per heavy atom. The lowest BCUT2D eigenvalue weighted by molar-refractivity contribution is 0.435. The van der Waals surface area contributed by atoms with Crippen LogP contribution in [0.4, 0.5) is 0 Å². The number of pyridine rings is 1. The molecule has 0 fully saturated rings. The van der Waals surface area contributed by atoms with Crippen LogP contribution < -0.4 is 5.32 Å². The average Bonchev–Trinajstić information content (AvgIpc) is 3.30. The normalized spacial score (nSPS) is 12.1. The molecule has 0 amide bonds. The van der Waals surface area contributed by atoms with Crippen molar-refractivity contribution in [3.8, 4) is 33.7 Å². The molecule has 0 saturated heterocycles. The number of aromatic nitrogens is 2. The van der Waals surface area contributed by atoms with Crippen LogP contribution in [0.25, 0.3) is 33.7 Å². The number of sulfone groups is 1. The fourth-order valence-electron chi connectivity index (χ4n) is 3.46. The molecule has 0 bridgehead atoms. The van der Waals surface area contributed by atoms with Crippen LogP contribution in [-0.4, -0.2) is 30.4 Å². The molecule has 4 rings (SSSR count). The zero-order valence-electron chi connectivity index (χ0n) is 19.2. The third-order valence-electron chi connectivity index (χ3n) is 5.47. The van der Waals surface area contributed by atoms with E-state index in [9.17, 15) is 8.42 Å². The van der Waals surface area contributed by atoms with Crippen molar-refractivity contribution < 1.29 is 12.9 Å². The van der Waals surface area contributed by atoms with Gasteiger partial charge in [0, 0.05) is 41.7 Å². The fourth-order valence-corrected chi connectivity index (χ4v) is 4.66. The minimum Gasteiger partial charge on any atom is -0.356 e. The number of nitrogens with zero attached hydrogens (tertiary/aromatic N) is 2. The molecule has 0 aliphatic carbocycles. The lowest BCUT2D eigenvalue weighted by Crippen LogP contribution is -2.27. The second kappa shape index (κ2) is 8.92. The van der Waals surface area contributed by atoms with Gasteiger partial charge >= 0.3 is 0 Å². The first-order valence-electron chi connectivity index (χ1n) is 10.7. The third-order valence-corrected chi connectivity index (χ3v) is 7.97. The maximum atomic E-state index is 12.7. The maximum absolute atomic E-state index is 12.7. The molecule has 0 atom stereocenters. The van der Waals surface area contributed by atoms with E-state index in [-0.39, 0.29) is 0 Å². The zero-order valence-corrected chi connectivity index (χ0v) is 20.0. The summed E-state index contributed by atoms with van der Waals surface area (Å²) in [5.41, 5.74) is 5.46. The van der Waals surface area contributed by atoms with Crippen molar-refractivity contribution in [1.29, 1.82) is 0 Å². The van der Waals surface area contributed by atoms with Crippen molar-refractivity contribution in [2.45, 2.75) is 37.0 Å². The number of rotatable bonds is 6. The van der Waals surface area contributed by atoms with Gasteiger partial charge in [0.05, 0.1) is 9.64 Å². The first kappa shape index (κ1) is 22.9. The Bertz CT molecular complexity index is 1350. The Morgan fingerprint density at radius 2 is 1.48 bits per heavy atom.